The van der Waals surface area contributed by atoms with Gasteiger partial charge in [-0.2, -0.15) is 0 Å². The van der Waals surface area contributed by atoms with Crippen LogP contribution in [0.4, 0.5) is 5.69 Å². The van der Waals surface area contributed by atoms with E-state index in [0.717, 1.165) is 5.56 Å². The zero-order valence-corrected chi connectivity index (χ0v) is 11.4. The normalized spacial score (nSPS) is 11.6. The van der Waals surface area contributed by atoms with Crippen LogP contribution in [0.15, 0.2) is 41.8 Å². The molecule has 0 aliphatic carbocycles. The number of aryl methyl sites for hydroxylation is 1. The van der Waals surface area contributed by atoms with E-state index >= 15 is 0 Å². The Morgan fingerprint density at radius 3 is 2.84 bits per heavy atom. The SMILES string of the molecule is Cc1cc(S(=O)(=O)NCCn2ccnc2)ccc1N. The molecule has 1 heterocycles. The summed E-state index contributed by atoms with van der Waals surface area (Å²) < 4.78 is 28.4. The van der Waals surface area contributed by atoms with E-state index in [9.17, 15) is 8.42 Å². The third-order valence-electron chi connectivity index (χ3n) is 2.77. The van der Waals surface area contributed by atoms with Gasteiger partial charge in [-0.3, -0.25) is 0 Å². The molecule has 0 spiro atoms. The number of nitrogens with zero attached hydrogens (tertiary/aromatic N) is 2. The summed E-state index contributed by atoms with van der Waals surface area (Å²) in [7, 11) is -3.49. The first-order chi connectivity index (χ1) is 8.99. The maximum Gasteiger partial charge on any atom is 0.240 e. The molecule has 6 nitrogen and oxygen atoms in total. The van der Waals surface area contributed by atoms with Crippen LogP contribution >= 0.6 is 0 Å². The smallest absolute Gasteiger partial charge is 0.240 e. The lowest BCUT2D eigenvalue weighted by molar-refractivity contribution is 0.572. The number of nitrogens with one attached hydrogen (secondary N) is 1. The molecule has 19 heavy (non-hydrogen) atoms. The molecular formula is C12H16N4O2S. The number of hydrogen-bond donors (Lipinski definition) is 2. The van der Waals surface area contributed by atoms with Gasteiger partial charge >= 0.3 is 0 Å². The summed E-state index contributed by atoms with van der Waals surface area (Å²) in [6.07, 6.45) is 5.07. The van der Waals surface area contributed by atoms with Crippen LogP contribution in [0.25, 0.3) is 0 Å². The van der Waals surface area contributed by atoms with Crippen molar-refractivity contribution in [3.63, 3.8) is 0 Å². The number of aromatic nitrogens is 2. The zero-order valence-electron chi connectivity index (χ0n) is 10.6. The summed E-state index contributed by atoms with van der Waals surface area (Å²) in [5.41, 5.74) is 7.00. The van der Waals surface area contributed by atoms with E-state index in [1.54, 1.807) is 42.3 Å². The van der Waals surface area contributed by atoms with Gasteiger partial charge in [0.1, 0.15) is 0 Å². The second kappa shape index (κ2) is 5.41. The van der Waals surface area contributed by atoms with Gasteiger partial charge in [-0.1, -0.05) is 0 Å². The maximum atomic E-state index is 12.0. The Morgan fingerprint density at radius 1 is 1.42 bits per heavy atom. The van der Waals surface area contributed by atoms with Crippen molar-refractivity contribution in [1.29, 1.82) is 0 Å². The number of sulfonamides is 1. The highest BCUT2D eigenvalue weighted by molar-refractivity contribution is 7.89. The first kappa shape index (κ1) is 13.6. The van der Waals surface area contributed by atoms with E-state index in [0.29, 0.717) is 18.8 Å². The average molecular weight is 280 g/mol. The Balaban J connectivity index is 2.03. The van der Waals surface area contributed by atoms with Gasteiger partial charge in [-0.25, -0.2) is 18.1 Å². The molecule has 0 radical (unpaired) electrons. The first-order valence-corrected chi connectivity index (χ1v) is 7.29. The second-order valence-corrected chi connectivity index (χ2v) is 5.98. The topological polar surface area (TPSA) is 90.0 Å². The average Bonchev–Trinajstić information content (AvgIpc) is 2.85. The van der Waals surface area contributed by atoms with E-state index in [4.69, 9.17) is 5.73 Å². The molecule has 2 aromatic rings. The highest BCUT2D eigenvalue weighted by Gasteiger charge is 2.13. The molecule has 102 valence electrons. The molecular weight excluding hydrogens is 264 g/mol. The Bertz CT molecular complexity index is 650. The van der Waals surface area contributed by atoms with Crippen molar-refractivity contribution in [2.75, 3.05) is 12.3 Å². The predicted octanol–water partition coefficient (Wildman–Crippen LogP) is 0.752. The van der Waals surface area contributed by atoms with Gasteiger partial charge < -0.3 is 10.3 Å². The van der Waals surface area contributed by atoms with E-state index in [2.05, 4.69) is 9.71 Å². The van der Waals surface area contributed by atoms with Crippen molar-refractivity contribution in [3.8, 4) is 0 Å². The first-order valence-electron chi connectivity index (χ1n) is 5.80. The molecule has 0 unspecified atom stereocenters. The number of nitrogens with two attached hydrogens (primary N) is 1. The van der Waals surface area contributed by atoms with Crippen molar-refractivity contribution in [2.45, 2.75) is 18.4 Å². The molecule has 0 fully saturated rings. The van der Waals surface area contributed by atoms with Gasteiger partial charge in [0.2, 0.25) is 10.0 Å². The van der Waals surface area contributed by atoms with E-state index in [-0.39, 0.29) is 4.90 Å². The van der Waals surface area contributed by atoms with Crippen LogP contribution in [-0.4, -0.2) is 24.5 Å². The summed E-state index contributed by atoms with van der Waals surface area (Å²) >= 11 is 0. The fraction of sp³-hybridized carbons (Fsp3) is 0.250. The Morgan fingerprint density at radius 2 is 2.21 bits per heavy atom. The number of anilines is 1. The molecule has 0 aliphatic rings. The minimum absolute atomic E-state index is 0.227. The zero-order chi connectivity index (χ0) is 13.9. The molecule has 0 saturated heterocycles. The minimum Gasteiger partial charge on any atom is -0.399 e. The number of nitrogen functional groups attached to an aromatic ring is 1. The largest absolute Gasteiger partial charge is 0.399 e. The molecule has 2 rings (SSSR count). The van der Waals surface area contributed by atoms with E-state index in [1.165, 1.54) is 6.07 Å². The number of imidazole rings is 1. The fourth-order valence-electron chi connectivity index (χ4n) is 1.63. The lowest BCUT2D eigenvalue weighted by Crippen LogP contribution is -2.27. The van der Waals surface area contributed by atoms with E-state index in [1.807, 2.05) is 0 Å². The van der Waals surface area contributed by atoms with Crippen molar-refractivity contribution in [3.05, 3.63) is 42.5 Å². The molecule has 1 aromatic carbocycles. The molecule has 1 aromatic heterocycles. The molecule has 0 saturated carbocycles. The maximum absolute atomic E-state index is 12.0. The minimum atomic E-state index is -3.49. The van der Waals surface area contributed by atoms with Crippen LogP contribution < -0.4 is 10.5 Å². The van der Waals surface area contributed by atoms with Gasteiger partial charge in [0.15, 0.2) is 0 Å². The molecule has 0 amide bonds. The van der Waals surface area contributed by atoms with Crippen molar-refractivity contribution >= 4 is 15.7 Å². The third kappa shape index (κ3) is 3.33. The van der Waals surface area contributed by atoms with Gasteiger partial charge in [0.05, 0.1) is 11.2 Å². The quantitative estimate of drug-likeness (QED) is 0.791. The highest BCUT2D eigenvalue weighted by Crippen LogP contribution is 2.16. The van der Waals surface area contributed by atoms with Gasteiger partial charge in [-0.05, 0) is 30.7 Å². The Kier molecular flexibility index (Phi) is 3.87. The Hall–Kier alpha value is -1.86. The molecule has 0 atom stereocenters. The summed E-state index contributed by atoms with van der Waals surface area (Å²) in [5.74, 6) is 0. The second-order valence-electron chi connectivity index (χ2n) is 4.22. The summed E-state index contributed by atoms with van der Waals surface area (Å²) in [6.45, 7) is 2.62. The Labute approximate surface area is 112 Å². The standard InChI is InChI=1S/C12H16N4O2S/c1-10-8-11(2-3-12(10)13)19(17,18)15-5-7-16-6-4-14-9-16/h2-4,6,8-9,15H,5,7,13H2,1H3. The van der Waals surface area contributed by atoms with Crippen LogP contribution in [0.2, 0.25) is 0 Å². The van der Waals surface area contributed by atoms with Gasteiger partial charge in [-0.15, -0.1) is 0 Å². The lowest BCUT2D eigenvalue weighted by Gasteiger charge is -2.08. The van der Waals surface area contributed by atoms with Crippen LogP contribution in [-0.2, 0) is 16.6 Å². The van der Waals surface area contributed by atoms with Crippen LogP contribution in [0, 0.1) is 6.92 Å². The third-order valence-corrected chi connectivity index (χ3v) is 4.23. The lowest BCUT2D eigenvalue weighted by atomic mass is 10.2. The van der Waals surface area contributed by atoms with Crippen molar-refractivity contribution < 1.29 is 8.42 Å². The van der Waals surface area contributed by atoms with Crippen LogP contribution in [0.1, 0.15) is 5.56 Å². The van der Waals surface area contributed by atoms with E-state index < -0.39 is 10.0 Å². The summed E-state index contributed by atoms with van der Waals surface area (Å²) in [5, 5.41) is 0. The molecule has 0 aliphatic heterocycles. The molecule has 7 heteroatoms. The predicted molar refractivity (Wildman–Crippen MR) is 73.0 cm³/mol. The summed E-state index contributed by atoms with van der Waals surface area (Å²) in [6, 6.07) is 4.66. The number of rotatable bonds is 5. The molecule has 3 N–H and O–H groups in total. The number of benzene rings is 1. The van der Waals surface area contributed by atoms with Gasteiger partial charge in [0, 0.05) is 31.2 Å². The fourth-order valence-corrected chi connectivity index (χ4v) is 2.73. The monoisotopic (exact) mass is 280 g/mol. The summed E-state index contributed by atoms with van der Waals surface area (Å²) in [4.78, 5) is 4.12. The highest BCUT2D eigenvalue weighted by atomic mass is 32.2. The van der Waals surface area contributed by atoms with Crippen LogP contribution in [0.5, 0.6) is 0 Å². The van der Waals surface area contributed by atoms with Crippen LogP contribution in [0.3, 0.4) is 0 Å². The van der Waals surface area contributed by atoms with Crippen molar-refractivity contribution in [1.82, 2.24) is 14.3 Å². The van der Waals surface area contributed by atoms with Gasteiger partial charge in [0.25, 0.3) is 0 Å². The number of hydrogen-bond acceptors (Lipinski definition) is 4. The molecule has 0 bridgehead atoms. The van der Waals surface area contributed by atoms with Crippen molar-refractivity contribution in [2.24, 2.45) is 0 Å².